The Morgan fingerprint density at radius 3 is 2.38 bits per heavy atom. The number of hydrogen-bond donors (Lipinski definition) is 1. The molecule has 0 aromatic carbocycles. The van der Waals surface area contributed by atoms with Gasteiger partial charge in [-0.05, 0) is 25.9 Å². The van der Waals surface area contributed by atoms with E-state index in [0.29, 0.717) is 6.04 Å². The molecule has 0 aromatic rings. The number of rotatable bonds is 2. The normalized spacial score (nSPS) is 23.9. The van der Waals surface area contributed by atoms with Crippen LogP contribution in [0.25, 0.3) is 0 Å². The summed E-state index contributed by atoms with van der Waals surface area (Å²) in [4.78, 5) is 16.2. The topological polar surface area (TPSA) is 49.6 Å². The van der Waals surface area contributed by atoms with Crippen LogP contribution in [0.15, 0.2) is 0 Å². The van der Waals surface area contributed by atoms with Gasteiger partial charge in [0.2, 0.25) is 5.91 Å². The van der Waals surface area contributed by atoms with Crippen LogP contribution >= 0.6 is 0 Å². The molecule has 1 fully saturated rings. The molecule has 2 N–H and O–H groups in total. The molecular formula is C12H25N3O. The highest BCUT2D eigenvalue weighted by atomic mass is 16.2. The van der Waals surface area contributed by atoms with Crippen LogP contribution in [-0.4, -0.2) is 55.0 Å². The highest BCUT2D eigenvalue weighted by Gasteiger charge is 2.35. The Balaban J connectivity index is 2.58. The number of likely N-dealkylation sites (N-methyl/N-ethyl adjacent to an activating group) is 1. The Bertz CT molecular complexity index is 257. The molecule has 1 rings (SSSR count). The van der Waals surface area contributed by atoms with E-state index in [0.717, 1.165) is 19.5 Å². The third-order valence-electron chi connectivity index (χ3n) is 3.40. The minimum Gasteiger partial charge on any atom is -0.340 e. The molecule has 0 aromatic heterocycles. The Morgan fingerprint density at radius 2 is 2.00 bits per heavy atom. The van der Waals surface area contributed by atoms with E-state index in [4.69, 9.17) is 5.73 Å². The first-order valence-corrected chi connectivity index (χ1v) is 5.94. The Hall–Kier alpha value is -0.610. The van der Waals surface area contributed by atoms with Crippen molar-refractivity contribution in [3.05, 3.63) is 0 Å². The van der Waals surface area contributed by atoms with Gasteiger partial charge in [-0.1, -0.05) is 20.8 Å². The second kappa shape index (κ2) is 4.72. The smallest absolute Gasteiger partial charge is 0.240 e. The fraction of sp³-hybridized carbons (Fsp3) is 0.917. The summed E-state index contributed by atoms with van der Waals surface area (Å²) in [5.41, 5.74) is 5.83. The lowest BCUT2D eigenvalue weighted by Crippen LogP contribution is -2.50. The zero-order valence-electron chi connectivity index (χ0n) is 11.2. The number of carbonyl (C=O) groups is 1. The van der Waals surface area contributed by atoms with Gasteiger partial charge in [0, 0.05) is 19.1 Å². The molecule has 1 aliphatic heterocycles. The largest absolute Gasteiger partial charge is 0.340 e. The van der Waals surface area contributed by atoms with Gasteiger partial charge in [-0.15, -0.1) is 0 Å². The van der Waals surface area contributed by atoms with Gasteiger partial charge in [-0.2, -0.15) is 0 Å². The number of likely N-dealkylation sites (tertiary alicyclic amines) is 1. The average Bonchev–Trinajstić information content (AvgIpc) is 2.62. The maximum atomic E-state index is 12.1. The molecule has 1 aliphatic rings. The molecule has 1 unspecified atom stereocenters. The molecule has 1 heterocycles. The van der Waals surface area contributed by atoms with Crippen molar-refractivity contribution in [2.24, 2.45) is 11.1 Å². The van der Waals surface area contributed by atoms with Crippen molar-refractivity contribution in [1.82, 2.24) is 9.80 Å². The van der Waals surface area contributed by atoms with E-state index in [1.54, 1.807) is 0 Å². The van der Waals surface area contributed by atoms with E-state index in [9.17, 15) is 4.79 Å². The average molecular weight is 227 g/mol. The Kier molecular flexibility index (Phi) is 3.97. The SMILES string of the molecule is CN(C)C1CCN(C(=O)[C@H](N)C(C)(C)C)C1. The van der Waals surface area contributed by atoms with Crippen LogP contribution in [0.3, 0.4) is 0 Å². The van der Waals surface area contributed by atoms with Gasteiger partial charge in [0.15, 0.2) is 0 Å². The fourth-order valence-electron chi connectivity index (χ4n) is 1.93. The fourth-order valence-corrected chi connectivity index (χ4v) is 1.93. The van der Waals surface area contributed by atoms with Crippen LogP contribution in [0.4, 0.5) is 0 Å². The molecular weight excluding hydrogens is 202 g/mol. The van der Waals surface area contributed by atoms with Crippen molar-refractivity contribution >= 4 is 5.91 Å². The number of carbonyl (C=O) groups excluding carboxylic acids is 1. The Morgan fingerprint density at radius 1 is 1.44 bits per heavy atom. The van der Waals surface area contributed by atoms with Crippen LogP contribution in [0.1, 0.15) is 27.2 Å². The van der Waals surface area contributed by atoms with Crippen molar-refractivity contribution in [3.8, 4) is 0 Å². The first kappa shape index (κ1) is 13.5. The molecule has 0 bridgehead atoms. The third kappa shape index (κ3) is 2.95. The molecule has 94 valence electrons. The molecule has 1 amide bonds. The number of nitrogens with two attached hydrogens (primary N) is 1. The van der Waals surface area contributed by atoms with Gasteiger partial charge < -0.3 is 15.5 Å². The number of amides is 1. The predicted molar refractivity (Wildman–Crippen MR) is 66.1 cm³/mol. The lowest BCUT2D eigenvalue weighted by Gasteiger charge is -2.30. The summed E-state index contributed by atoms with van der Waals surface area (Å²) in [5.74, 6) is 0.0943. The van der Waals surface area contributed by atoms with Crippen LogP contribution in [-0.2, 0) is 4.79 Å². The quantitative estimate of drug-likeness (QED) is 0.748. The van der Waals surface area contributed by atoms with Crippen molar-refractivity contribution in [1.29, 1.82) is 0 Å². The molecule has 4 nitrogen and oxygen atoms in total. The van der Waals surface area contributed by atoms with Gasteiger partial charge in [0.25, 0.3) is 0 Å². The van der Waals surface area contributed by atoms with Gasteiger partial charge in [0.05, 0.1) is 6.04 Å². The van der Waals surface area contributed by atoms with Gasteiger partial charge in [-0.25, -0.2) is 0 Å². The summed E-state index contributed by atoms with van der Waals surface area (Å²) in [5, 5.41) is 0. The third-order valence-corrected chi connectivity index (χ3v) is 3.40. The monoisotopic (exact) mass is 227 g/mol. The van der Waals surface area contributed by atoms with Crippen LogP contribution in [0, 0.1) is 5.41 Å². The van der Waals surface area contributed by atoms with Gasteiger partial charge in [0.1, 0.15) is 0 Å². The lowest BCUT2D eigenvalue weighted by molar-refractivity contribution is -0.134. The minimum atomic E-state index is -0.395. The zero-order chi connectivity index (χ0) is 12.5. The van der Waals surface area contributed by atoms with E-state index >= 15 is 0 Å². The lowest BCUT2D eigenvalue weighted by atomic mass is 9.86. The van der Waals surface area contributed by atoms with Gasteiger partial charge in [-0.3, -0.25) is 4.79 Å². The van der Waals surface area contributed by atoms with E-state index in [-0.39, 0.29) is 11.3 Å². The van der Waals surface area contributed by atoms with E-state index in [1.807, 2.05) is 25.7 Å². The zero-order valence-corrected chi connectivity index (χ0v) is 11.2. The van der Waals surface area contributed by atoms with Crippen LogP contribution < -0.4 is 5.73 Å². The molecule has 0 saturated carbocycles. The highest BCUT2D eigenvalue weighted by molar-refractivity contribution is 5.82. The van der Waals surface area contributed by atoms with Crippen molar-refractivity contribution in [2.75, 3.05) is 27.2 Å². The molecule has 2 atom stereocenters. The molecule has 16 heavy (non-hydrogen) atoms. The standard InChI is InChI=1S/C12H25N3O/c1-12(2,3)10(13)11(16)15-7-6-9(8-15)14(4)5/h9-10H,6-8,13H2,1-5H3/t9?,10-/m0/s1. The summed E-state index contributed by atoms with van der Waals surface area (Å²) >= 11 is 0. The van der Waals surface area contributed by atoms with E-state index in [1.165, 1.54) is 0 Å². The summed E-state index contributed by atoms with van der Waals surface area (Å²) < 4.78 is 0. The van der Waals surface area contributed by atoms with E-state index < -0.39 is 6.04 Å². The van der Waals surface area contributed by atoms with Crippen molar-refractivity contribution < 1.29 is 4.79 Å². The van der Waals surface area contributed by atoms with E-state index in [2.05, 4.69) is 19.0 Å². The maximum Gasteiger partial charge on any atom is 0.240 e. The highest BCUT2D eigenvalue weighted by Crippen LogP contribution is 2.21. The maximum absolute atomic E-state index is 12.1. The minimum absolute atomic E-state index is 0.0943. The van der Waals surface area contributed by atoms with Crippen molar-refractivity contribution in [3.63, 3.8) is 0 Å². The molecule has 0 spiro atoms. The summed E-state index contributed by atoms with van der Waals surface area (Å²) in [7, 11) is 4.12. The first-order chi connectivity index (χ1) is 7.23. The summed E-state index contributed by atoms with van der Waals surface area (Å²) in [6.07, 6.45) is 1.05. The number of nitrogens with zero attached hydrogens (tertiary/aromatic N) is 2. The van der Waals surface area contributed by atoms with Crippen LogP contribution in [0.5, 0.6) is 0 Å². The molecule has 0 aliphatic carbocycles. The summed E-state index contributed by atoms with van der Waals surface area (Å²) in [6, 6.07) is 0.0875. The second-order valence-electron chi connectivity index (χ2n) is 6.03. The second-order valence-corrected chi connectivity index (χ2v) is 6.03. The molecule has 4 heteroatoms. The number of hydrogen-bond acceptors (Lipinski definition) is 3. The van der Waals surface area contributed by atoms with Crippen molar-refractivity contribution in [2.45, 2.75) is 39.3 Å². The first-order valence-electron chi connectivity index (χ1n) is 5.94. The van der Waals surface area contributed by atoms with Gasteiger partial charge >= 0.3 is 0 Å². The Labute approximate surface area is 98.8 Å². The molecule has 1 saturated heterocycles. The van der Waals surface area contributed by atoms with Crippen LogP contribution in [0.2, 0.25) is 0 Å². The predicted octanol–water partition coefficient (Wildman–Crippen LogP) is 0.522. The summed E-state index contributed by atoms with van der Waals surface area (Å²) in [6.45, 7) is 7.68. The molecule has 0 radical (unpaired) electrons.